The van der Waals surface area contributed by atoms with Gasteiger partial charge in [0.15, 0.2) is 0 Å². The average molecular weight is 511 g/mol. The van der Waals surface area contributed by atoms with E-state index in [9.17, 15) is 9.18 Å². The molecule has 0 radical (unpaired) electrons. The van der Waals surface area contributed by atoms with Gasteiger partial charge in [0.1, 0.15) is 18.2 Å². The van der Waals surface area contributed by atoms with Gasteiger partial charge in [0, 0.05) is 30.8 Å². The highest BCUT2D eigenvalue weighted by Gasteiger charge is 2.33. The topological polar surface area (TPSA) is 86.7 Å². The summed E-state index contributed by atoms with van der Waals surface area (Å²) in [6.45, 7) is 8.53. The Hall–Kier alpha value is -3.53. The molecule has 11 heteroatoms. The molecule has 0 aliphatic carbocycles. The highest BCUT2D eigenvalue weighted by atomic mass is 35.5. The molecule has 9 nitrogen and oxygen atoms in total. The molecular weight excluding hydrogens is 483 g/mol. The van der Waals surface area contributed by atoms with Crippen molar-refractivity contribution in [1.29, 1.82) is 0 Å². The quantitative estimate of drug-likeness (QED) is 0.340. The molecule has 1 atom stereocenters. The second-order valence-electron chi connectivity index (χ2n) is 9.13. The Morgan fingerprint density at radius 3 is 2.56 bits per heavy atom. The molecule has 188 valence electrons. The number of aryl methyl sites for hydroxylation is 2. The van der Waals surface area contributed by atoms with E-state index in [-0.39, 0.29) is 18.0 Å². The van der Waals surface area contributed by atoms with Crippen LogP contribution in [0.3, 0.4) is 0 Å². The number of halogens is 2. The molecule has 0 unspecified atom stereocenters. The van der Waals surface area contributed by atoms with Crippen molar-refractivity contribution in [3.8, 4) is 22.9 Å². The monoisotopic (exact) mass is 510 g/mol. The smallest absolute Gasteiger partial charge is 0.231 e. The number of amides is 1. The van der Waals surface area contributed by atoms with Crippen LogP contribution in [0.1, 0.15) is 57.5 Å². The van der Waals surface area contributed by atoms with Gasteiger partial charge in [0.2, 0.25) is 17.7 Å². The summed E-state index contributed by atoms with van der Waals surface area (Å²) in [5.74, 6) is 1.63. The van der Waals surface area contributed by atoms with E-state index in [0.29, 0.717) is 47.7 Å². The predicted molar refractivity (Wildman–Crippen MR) is 135 cm³/mol. The van der Waals surface area contributed by atoms with Gasteiger partial charge in [-0.25, -0.2) is 14.1 Å². The standard InChI is InChI=1S/C25H28ClFN8O/c1-5-32-14-19(12-27)29-24(32)18-8-6-17(7-9-18)16(4)34-21(36)10-11-33-25(34)30-23(31-33)22-20(26)13-28-35(22)15(2)3/h6-9,13-16H,5,10-12H2,1-4H3/t16-/m1/s1. The third-order valence-corrected chi connectivity index (χ3v) is 6.74. The van der Waals surface area contributed by atoms with Crippen LogP contribution in [0.25, 0.3) is 22.9 Å². The Labute approximate surface area is 213 Å². The molecule has 1 aliphatic rings. The Morgan fingerprint density at radius 2 is 1.89 bits per heavy atom. The minimum absolute atomic E-state index is 0.0180. The van der Waals surface area contributed by atoms with Crippen LogP contribution in [0.2, 0.25) is 5.02 Å². The van der Waals surface area contributed by atoms with E-state index in [1.165, 1.54) is 0 Å². The fourth-order valence-electron chi connectivity index (χ4n) is 4.59. The zero-order valence-electron chi connectivity index (χ0n) is 20.7. The summed E-state index contributed by atoms with van der Waals surface area (Å²) in [5, 5.41) is 9.49. The number of aromatic nitrogens is 7. The largest absolute Gasteiger partial charge is 0.331 e. The lowest BCUT2D eigenvalue weighted by Crippen LogP contribution is -2.39. The molecule has 1 amide bonds. The van der Waals surface area contributed by atoms with Gasteiger partial charge in [-0.1, -0.05) is 35.9 Å². The highest BCUT2D eigenvalue weighted by Crippen LogP contribution is 2.34. The second-order valence-corrected chi connectivity index (χ2v) is 9.53. The van der Waals surface area contributed by atoms with Gasteiger partial charge in [-0.2, -0.15) is 10.1 Å². The van der Waals surface area contributed by atoms with Crippen molar-refractivity contribution >= 4 is 23.5 Å². The van der Waals surface area contributed by atoms with Gasteiger partial charge < -0.3 is 4.57 Å². The number of carbonyl (C=O) groups is 1. The van der Waals surface area contributed by atoms with Crippen LogP contribution >= 0.6 is 11.6 Å². The molecule has 0 saturated carbocycles. The Balaban J connectivity index is 1.47. The first-order valence-electron chi connectivity index (χ1n) is 12.0. The number of anilines is 1. The molecular formula is C25H28ClFN8O. The molecule has 3 aromatic heterocycles. The fraction of sp³-hybridized carbons (Fsp3) is 0.400. The first kappa shape index (κ1) is 24.2. The van der Waals surface area contributed by atoms with Crippen molar-refractivity contribution < 1.29 is 9.18 Å². The van der Waals surface area contributed by atoms with Crippen LogP contribution in [-0.4, -0.2) is 40.0 Å². The summed E-state index contributed by atoms with van der Waals surface area (Å²) >= 11 is 6.43. The van der Waals surface area contributed by atoms with Crippen LogP contribution < -0.4 is 4.90 Å². The highest BCUT2D eigenvalue weighted by molar-refractivity contribution is 6.32. The number of rotatable bonds is 7. The lowest BCUT2D eigenvalue weighted by Gasteiger charge is -2.31. The van der Waals surface area contributed by atoms with E-state index >= 15 is 0 Å². The zero-order valence-corrected chi connectivity index (χ0v) is 21.4. The second kappa shape index (κ2) is 9.50. The van der Waals surface area contributed by atoms with Crippen LogP contribution in [0.5, 0.6) is 0 Å². The first-order chi connectivity index (χ1) is 17.3. The van der Waals surface area contributed by atoms with Crippen molar-refractivity contribution in [2.75, 3.05) is 4.90 Å². The molecule has 1 aliphatic heterocycles. The Morgan fingerprint density at radius 1 is 1.14 bits per heavy atom. The van der Waals surface area contributed by atoms with Gasteiger partial charge >= 0.3 is 0 Å². The molecule has 0 bridgehead atoms. The molecule has 4 heterocycles. The van der Waals surface area contributed by atoms with E-state index in [1.807, 2.05) is 56.5 Å². The van der Waals surface area contributed by atoms with E-state index in [0.717, 1.165) is 17.0 Å². The van der Waals surface area contributed by atoms with Crippen molar-refractivity contribution in [3.63, 3.8) is 0 Å². The third-order valence-electron chi connectivity index (χ3n) is 6.47. The summed E-state index contributed by atoms with van der Waals surface area (Å²) < 4.78 is 18.6. The number of nitrogens with zero attached hydrogens (tertiary/aromatic N) is 8. The molecule has 0 N–H and O–H groups in total. The summed E-state index contributed by atoms with van der Waals surface area (Å²) in [6.07, 6.45) is 3.65. The Kier molecular flexibility index (Phi) is 6.38. The van der Waals surface area contributed by atoms with Gasteiger partial charge in [-0.05, 0) is 33.3 Å². The molecule has 4 aromatic rings. The number of hydrogen-bond donors (Lipinski definition) is 0. The maximum atomic E-state index is 13.1. The fourth-order valence-corrected chi connectivity index (χ4v) is 4.81. The molecule has 0 spiro atoms. The van der Waals surface area contributed by atoms with Gasteiger partial charge in [-0.15, -0.1) is 5.10 Å². The first-order valence-corrected chi connectivity index (χ1v) is 12.4. The van der Waals surface area contributed by atoms with E-state index < -0.39 is 6.67 Å². The summed E-state index contributed by atoms with van der Waals surface area (Å²) in [4.78, 5) is 23.9. The maximum absolute atomic E-state index is 13.1. The van der Waals surface area contributed by atoms with Gasteiger partial charge in [0.25, 0.3) is 0 Å². The molecule has 0 saturated heterocycles. The van der Waals surface area contributed by atoms with Crippen LogP contribution in [0, 0.1) is 0 Å². The number of benzene rings is 1. The SMILES string of the molecule is CCn1cc(CF)nc1-c1ccc([C@@H](C)N2C(=O)CCn3nc(-c4c(Cl)cnn4C(C)C)nc32)cc1. The van der Waals surface area contributed by atoms with Crippen LogP contribution in [0.15, 0.2) is 36.7 Å². The lowest BCUT2D eigenvalue weighted by atomic mass is 10.0. The van der Waals surface area contributed by atoms with Gasteiger partial charge in [-0.3, -0.25) is 14.4 Å². The lowest BCUT2D eigenvalue weighted by molar-refractivity contribution is -0.120. The number of imidazole rings is 1. The van der Waals surface area contributed by atoms with Crippen molar-refractivity contribution in [3.05, 3.63) is 52.9 Å². The van der Waals surface area contributed by atoms with Crippen molar-refractivity contribution in [2.45, 2.75) is 66.0 Å². The van der Waals surface area contributed by atoms with Crippen molar-refractivity contribution in [2.24, 2.45) is 0 Å². The Bertz CT molecular complexity index is 1400. The summed E-state index contributed by atoms with van der Waals surface area (Å²) in [6, 6.07) is 7.64. The summed E-state index contributed by atoms with van der Waals surface area (Å²) in [5.41, 5.74) is 2.88. The van der Waals surface area contributed by atoms with Crippen LogP contribution in [0.4, 0.5) is 10.3 Å². The number of fused-ring (bicyclic) bond motifs is 1. The van der Waals surface area contributed by atoms with E-state index in [1.54, 1.807) is 26.7 Å². The van der Waals surface area contributed by atoms with Gasteiger partial charge in [0.05, 0.1) is 29.5 Å². The third kappa shape index (κ3) is 4.09. The number of hydrogen-bond acceptors (Lipinski definition) is 5. The minimum Gasteiger partial charge on any atom is -0.331 e. The molecule has 36 heavy (non-hydrogen) atoms. The maximum Gasteiger partial charge on any atom is 0.231 e. The van der Waals surface area contributed by atoms with E-state index in [2.05, 4.69) is 15.2 Å². The van der Waals surface area contributed by atoms with E-state index in [4.69, 9.17) is 16.6 Å². The zero-order chi connectivity index (χ0) is 25.6. The minimum atomic E-state index is -0.599. The normalized spacial score (nSPS) is 14.5. The number of alkyl halides is 1. The molecule has 0 fully saturated rings. The van der Waals surface area contributed by atoms with Crippen LogP contribution in [-0.2, 0) is 24.6 Å². The average Bonchev–Trinajstić information content (AvgIpc) is 3.59. The molecule has 1 aromatic carbocycles. The number of carbonyl (C=O) groups excluding carboxylic acids is 1. The summed E-state index contributed by atoms with van der Waals surface area (Å²) in [7, 11) is 0. The van der Waals surface area contributed by atoms with Crippen molar-refractivity contribution in [1.82, 2.24) is 34.1 Å². The molecule has 5 rings (SSSR count). The predicted octanol–water partition coefficient (Wildman–Crippen LogP) is 5.23.